The van der Waals surface area contributed by atoms with Crippen LogP contribution >= 0.6 is 0 Å². The van der Waals surface area contributed by atoms with Crippen LogP contribution in [0.3, 0.4) is 0 Å². The van der Waals surface area contributed by atoms with E-state index in [9.17, 15) is 42.9 Å². The van der Waals surface area contributed by atoms with Crippen molar-refractivity contribution in [2.45, 2.75) is 53.4 Å². The maximum atomic E-state index is 11.9. The third kappa shape index (κ3) is 12.3. The maximum absolute atomic E-state index is 11.9. The Hall–Kier alpha value is -5.41. The fraction of sp³-hybridized carbons (Fsp3) is 0.294. The molecule has 0 spiro atoms. The molecule has 0 bridgehead atoms. The summed E-state index contributed by atoms with van der Waals surface area (Å²) in [6, 6.07) is 11.4. The SMILES string of the molecule is CC.CC.Cc1cc(O)c(-c2cc(OCC(=O)OCN3C(=O)C=CC3=O)c(C)cc2O)cc1O.Cc1ccc(S(=O)(=O)OCC(=O)O)cc1.[HH]. The molecule has 1 aliphatic heterocycles. The summed E-state index contributed by atoms with van der Waals surface area (Å²) < 4.78 is 37.3. The zero-order chi connectivity index (χ0) is 37.5. The molecule has 0 unspecified atom stereocenters. The molecule has 0 radical (unpaired) electrons. The molecule has 0 atom stereocenters. The Morgan fingerprint density at radius 3 is 1.80 bits per heavy atom. The van der Waals surface area contributed by atoms with Crippen molar-refractivity contribution < 1.29 is 63.1 Å². The predicted molar refractivity (Wildman–Crippen MR) is 181 cm³/mol. The average molecular weight is 706 g/mol. The van der Waals surface area contributed by atoms with Gasteiger partial charge in [-0.1, -0.05) is 45.4 Å². The number of carboxylic acids is 1. The largest absolute Gasteiger partial charge is 0.508 e. The fourth-order valence-electron chi connectivity index (χ4n) is 3.72. The zero-order valence-corrected chi connectivity index (χ0v) is 29.0. The van der Waals surface area contributed by atoms with E-state index in [1.807, 2.05) is 34.6 Å². The summed E-state index contributed by atoms with van der Waals surface area (Å²) in [5, 5.41) is 38.7. The molecule has 3 aromatic rings. The van der Waals surface area contributed by atoms with E-state index >= 15 is 0 Å². The second-order valence-electron chi connectivity index (χ2n) is 9.59. The summed E-state index contributed by atoms with van der Waals surface area (Å²) in [6.07, 6.45) is 2.15. The molecule has 0 fully saturated rings. The lowest BCUT2D eigenvalue weighted by Gasteiger charge is -2.16. The number of aryl methyl sites for hydroxylation is 3. The molecule has 0 aliphatic carbocycles. The van der Waals surface area contributed by atoms with Gasteiger partial charge in [0.25, 0.3) is 21.9 Å². The molecule has 15 heteroatoms. The van der Waals surface area contributed by atoms with Crippen LogP contribution in [0, 0.1) is 20.8 Å². The Kier molecular flexibility index (Phi) is 16.5. The monoisotopic (exact) mass is 705 g/mol. The quantitative estimate of drug-likeness (QED) is 0.0950. The van der Waals surface area contributed by atoms with Crippen molar-refractivity contribution >= 4 is 33.9 Å². The summed E-state index contributed by atoms with van der Waals surface area (Å²) >= 11 is 0. The highest BCUT2D eigenvalue weighted by atomic mass is 32.2. The molecule has 3 aromatic carbocycles. The molecule has 49 heavy (non-hydrogen) atoms. The minimum atomic E-state index is -3.95. The Morgan fingerprint density at radius 2 is 1.27 bits per heavy atom. The number of carboxylic acid groups (broad SMARTS) is 1. The van der Waals surface area contributed by atoms with Crippen LogP contribution in [0.1, 0.15) is 45.8 Å². The summed E-state index contributed by atoms with van der Waals surface area (Å²) in [4.78, 5) is 45.6. The van der Waals surface area contributed by atoms with E-state index < -0.39 is 53.8 Å². The van der Waals surface area contributed by atoms with E-state index in [0.29, 0.717) is 11.1 Å². The highest BCUT2D eigenvalue weighted by Crippen LogP contribution is 2.41. The molecule has 268 valence electrons. The molecular weight excluding hydrogens is 662 g/mol. The third-order valence-electron chi connectivity index (χ3n) is 6.15. The van der Waals surface area contributed by atoms with Crippen LogP contribution in [0.5, 0.6) is 23.0 Å². The van der Waals surface area contributed by atoms with Crippen molar-refractivity contribution in [3.8, 4) is 34.1 Å². The van der Waals surface area contributed by atoms with Crippen LogP contribution < -0.4 is 4.74 Å². The van der Waals surface area contributed by atoms with Gasteiger partial charge < -0.3 is 29.9 Å². The second-order valence-corrected chi connectivity index (χ2v) is 11.2. The molecule has 1 heterocycles. The van der Waals surface area contributed by atoms with E-state index in [-0.39, 0.29) is 40.4 Å². The lowest BCUT2D eigenvalue weighted by atomic mass is 9.99. The molecule has 2 amide bonds. The molecule has 14 nitrogen and oxygen atoms in total. The van der Waals surface area contributed by atoms with E-state index in [4.69, 9.17) is 14.6 Å². The van der Waals surface area contributed by atoms with Crippen LogP contribution in [0.4, 0.5) is 0 Å². The number of phenols is 3. The summed E-state index contributed by atoms with van der Waals surface area (Å²) in [5.41, 5.74) is 2.26. The number of esters is 1. The number of carbonyl (C=O) groups is 4. The topological polar surface area (TPSA) is 214 Å². The third-order valence-corrected chi connectivity index (χ3v) is 7.42. The lowest BCUT2D eigenvalue weighted by Crippen LogP contribution is -2.34. The molecular formula is C34H43NO13S. The van der Waals surface area contributed by atoms with Crippen molar-refractivity contribution in [3.63, 3.8) is 0 Å². The molecule has 0 saturated carbocycles. The number of hydrogen-bond donors (Lipinski definition) is 4. The molecule has 0 saturated heterocycles. The number of carbonyl (C=O) groups excluding carboxylic acids is 3. The van der Waals surface area contributed by atoms with E-state index in [0.717, 1.165) is 22.6 Å². The van der Waals surface area contributed by atoms with Gasteiger partial charge in [0.15, 0.2) is 19.9 Å². The second kappa shape index (κ2) is 19.4. The van der Waals surface area contributed by atoms with Gasteiger partial charge in [0.1, 0.15) is 23.0 Å². The van der Waals surface area contributed by atoms with E-state index in [2.05, 4.69) is 4.18 Å². The summed E-state index contributed by atoms with van der Waals surface area (Å²) in [6.45, 7) is 11.2. The number of nitrogens with zero attached hydrogens (tertiary/aromatic N) is 1. The number of ether oxygens (including phenoxy) is 2. The van der Waals surface area contributed by atoms with Crippen LogP contribution in [0.2, 0.25) is 0 Å². The Morgan fingerprint density at radius 1 is 0.755 bits per heavy atom. The van der Waals surface area contributed by atoms with Gasteiger partial charge in [-0.3, -0.25) is 13.8 Å². The van der Waals surface area contributed by atoms with Crippen LogP contribution in [0.25, 0.3) is 11.1 Å². The molecule has 0 aromatic heterocycles. The highest BCUT2D eigenvalue weighted by molar-refractivity contribution is 7.86. The first-order valence-corrected chi connectivity index (χ1v) is 16.4. The number of benzene rings is 3. The van der Waals surface area contributed by atoms with Gasteiger partial charge in [0, 0.05) is 24.7 Å². The standard InChI is InChI=1S/C21H19NO8.C9H10O5S.2C2H6.H2/c1-11-5-16(24)13(7-15(11)23)14-8-18(12(2)6-17(14)25)29-9-21(28)30-10-22-19(26)3-4-20(22)27;1-7-2-4-8(5-3-7)15(12,13)14-6-9(10)11;2*1-2;/h3-8,23-25H,9-10H2,1-2H3;2-5H,6H2,1H3,(H,10,11);2*1-2H3;1H. The number of aromatic hydroxyl groups is 3. The first-order valence-electron chi connectivity index (χ1n) is 15.0. The average Bonchev–Trinajstić information content (AvgIpc) is 3.39. The minimum absolute atomic E-state index is 0. The predicted octanol–water partition coefficient (Wildman–Crippen LogP) is 4.98. The van der Waals surface area contributed by atoms with Gasteiger partial charge >= 0.3 is 11.9 Å². The van der Waals surface area contributed by atoms with Crippen molar-refractivity contribution in [1.82, 2.24) is 4.90 Å². The molecule has 1 aliphatic rings. The van der Waals surface area contributed by atoms with Gasteiger partial charge in [0.2, 0.25) is 0 Å². The van der Waals surface area contributed by atoms with Gasteiger partial charge in [0.05, 0.1) is 4.90 Å². The van der Waals surface area contributed by atoms with Crippen molar-refractivity contribution in [2.75, 3.05) is 19.9 Å². The van der Waals surface area contributed by atoms with Gasteiger partial charge in [-0.2, -0.15) is 8.42 Å². The van der Waals surface area contributed by atoms with Gasteiger partial charge in [-0.05, 0) is 68.3 Å². The number of phenolic OH excluding ortho intramolecular Hbond substituents is 3. The number of rotatable bonds is 10. The van der Waals surface area contributed by atoms with Crippen molar-refractivity contribution in [3.05, 3.63) is 77.4 Å². The fourth-order valence-corrected chi connectivity index (χ4v) is 4.58. The normalized spacial score (nSPS) is 11.7. The Bertz CT molecular complexity index is 1750. The zero-order valence-electron chi connectivity index (χ0n) is 28.2. The van der Waals surface area contributed by atoms with Gasteiger partial charge in [-0.25, -0.2) is 14.5 Å². The summed E-state index contributed by atoms with van der Waals surface area (Å²) in [5.74, 6) is -3.42. The van der Waals surface area contributed by atoms with Crippen molar-refractivity contribution in [1.29, 1.82) is 0 Å². The minimum Gasteiger partial charge on any atom is -0.508 e. The Labute approximate surface area is 286 Å². The summed E-state index contributed by atoms with van der Waals surface area (Å²) in [7, 11) is -3.95. The van der Waals surface area contributed by atoms with Gasteiger partial charge in [-0.15, -0.1) is 0 Å². The molecule has 4 rings (SSSR count). The Balaban J connectivity index is 0.00000101. The first-order chi connectivity index (χ1) is 23.1. The highest BCUT2D eigenvalue weighted by Gasteiger charge is 2.24. The van der Waals surface area contributed by atoms with E-state index in [1.54, 1.807) is 26.0 Å². The number of amides is 2. The maximum Gasteiger partial charge on any atom is 0.345 e. The van der Waals surface area contributed by atoms with E-state index in [1.165, 1.54) is 36.4 Å². The number of aliphatic carboxylic acids is 1. The van der Waals surface area contributed by atoms with Crippen LogP contribution in [-0.4, -0.2) is 77.4 Å². The van der Waals surface area contributed by atoms with Crippen molar-refractivity contribution in [2.24, 2.45) is 0 Å². The smallest absolute Gasteiger partial charge is 0.345 e. The lowest BCUT2D eigenvalue weighted by molar-refractivity contribution is -0.156. The van der Waals surface area contributed by atoms with Crippen LogP contribution in [-0.2, 0) is 38.2 Å². The molecule has 4 N–H and O–H groups in total. The van der Waals surface area contributed by atoms with Crippen LogP contribution in [0.15, 0.2) is 65.6 Å². The number of hydrogen-bond acceptors (Lipinski definition) is 12. The number of imide groups is 1. The first kappa shape index (κ1) is 41.6.